The maximum absolute atomic E-state index is 6.14. The van der Waals surface area contributed by atoms with Crippen molar-refractivity contribution in [3.8, 4) is 0 Å². The quantitative estimate of drug-likeness (QED) is 0.751. The maximum atomic E-state index is 6.14. The van der Waals surface area contributed by atoms with E-state index in [4.69, 9.17) is 11.6 Å². The minimum absolute atomic E-state index is 0.488. The van der Waals surface area contributed by atoms with E-state index in [9.17, 15) is 0 Å². The van der Waals surface area contributed by atoms with Crippen LogP contribution in [0.2, 0.25) is 5.02 Å². The lowest BCUT2D eigenvalue weighted by molar-refractivity contribution is 0.645. The first-order valence-electron chi connectivity index (χ1n) is 5.35. The fraction of sp³-hybridized carbons (Fsp3) is 0.500. The lowest BCUT2D eigenvalue weighted by Gasteiger charge is -2.16. The molecule has 1 atom stereocenters. The molecule has 1 aromatic rings. The zero-order valence-corrected chi connectivity index (χ0v) is 12.1. The topological polar surface area (TPSA) is 12.0 Å². The van der Waals surface area contributed by atoms with Gasteiger partial charge in [-0.05, 0) is 54.1 Å². The summed E-state index contributed by atoms with van der Waals surface area (Å²) in [5.41, 5.74) is 1.04. The molecule has 0 aromatic heterocycles. The van der Waals surface area contributed by atoms with E-state index in [1.165, 1.54) is 22.8 Å². The third-order valence-corrected chi connectivity index (χ3v) is 3.31. The average molecular weight is 338 g/mol. The van der Waals surface area contributed by atoms with Crippen LogP contribution in [-0.2, 0) is 0 Å². The van der Waals surface area contributed by atoms with Gasteiger partial charge in [0.05, 0.1) is 10.7 Å². The Morgan fingerprint density at radius 3 is 2.80 bits per heavy atom. The van der Waals surface area contributed by atoms with Gasteiger partial charge in [0.1, 0.15) is 0 Å². The molecular formula is C12H17ClIN. The number of hydrogen-bond donors (Lipinski definition) is 1. The van der Waals surface area contributed by atoms with Crippen LogP contribution in [0.15, 0.2) is 18.2 Å². The number of halogens is 2. The van der Waals surface area contributed by atoms with E-state index >= 15 is 0 Å². The standard InChI is InChI=1S/C12H17ClIN/c1-3-4-5-9(2)15-12-7-6-10(14)8-11(12)13/h6-9,15H,3-5H2,1-2H3. The first-order valence-corrected chi connectivity index (χ1v) is 6.80. The zero-order valence-electron chi connectivity index (χ0n) is 9.19. The van der Waals surface area contributed by atoms with Crippen LogP contribution >= 0.6 is 34.2 Å². The molecule has 0 heterocycles. The Hall–Kier alpha value is 0.0400. The molecule has 1 rings (SSSR count). The third kappa shape index (κ3) is 4.60. The van der Waals surface area contributed by atoms with Crippen LogP contribution in [-0.4, -0.2) is 6.04 Å². The summed E-state index contributed by atoms with van der Waals surface area (Å²) in [6.45, 7) is 4.41. The van der Waals surface area contributed by atoms with Crippen LogP contribution in [0.1, 0.15) is 33.1 Å². The Kier molecular flexibility index (Phi) is 5.75. The van der Waals surface area contributed by atoms with Crippen LogP contribution in [0.3, 0.4) is 0 Å². The van der Waals surface area contributed by atoms with Gasteiger partial charge in [-0.25, -0.2) is 0 Å². The maximum Gasteiger partial charge on any atom is 0.0648 e. The van der Waals surface area contributed by atoms with E-state index in [-0.39, 0.29) is 0 Å². The molecule has 15 heavy (non-hydrogen) atoms. The predicted molar refractivity (Wildman–Crippen MR) is 76.8 cm³/mol. The van der Waals surface area contributed by atoms with Gasteiger partial charge in [-0.15, -0.1) is 0 Å². The van der Waals surface area contributed by atoms with Gasteiger partial charge < -0.3 is 5.32 Å². The highest BCUT2D eigenvalue weighted by Crippen LogP contribution is 2.24. The molecule has 1 nitrogen and oxygen atoms in total. The second-order valence-corrected chi connectivity index (χ2v) is 5.46. The summed E-state index contributed by atoms with van der Waals surface area (Å²) in [5.74, 6) is 0. The van der Waals surface area contributed by atoms with Gasteiger partial charge in [-0.1, -0.05) is 31.4 Å². The summed E-state index contributed by atoms with van der Waals surface area (Å²) in [6, 6.07) is 6.59. The van der Waals surface area contributed by atoms with Gasteiger partial charge in [0.25, 0.3) is 0 Å². The molecule has 0 saturated carbocycles. The molecule has 1 N–H and O–H groups in total. The first-order chi connectivity index (χ1) is 7.13. The van der Waals surface area contributed by atoms with Crippen LogP contribution in [0.25, 0.3) is 0 Å². The molecule has 0 bridgehead atoms. The van der Waals surface area contributed by atoms with Crippen molar-refractivity contribution in [2.24, 2.45) is 0 Å². The van der Waals surface area contributed by atoms with E-state index < -0.39 is 0 Å². The van der Waals surface area contributed by atoms with Crippen molar-refractivity contribution in [2.75, 3.05) is 5.32 Å². The van der Waals surface area contributed by atoms with E-state index in [1.807, 2.05) is 12.1 Å². The van der Waals surface area contributed by atoms with E-state index in [2.05, 4.69) is 47.8 Å². The monoisotopic (exact) mass is 337 g/mol. The van der Waals surface area contributed by atoms with Crippen molar-refractivity contribution < 1.29 is 0 Å². The first kappa shape index (κ1) is 13.1. The fourth-order valence-electron chi connectivity index (χ4n) is 1.45. The van der Waals surface area contributed by atoms with E-state index in [0.29, 0.717) is 6.04 Å². The molecule has 0 saturated heterocycles. The van der Waals surface area contributed by atoms with Gasteiger partial charge in [0.15, 0.2) is 0 Å². The van der Waals surface area contributed by atoms with Gasteiger partial charge in [0, 0.05) is 9.61 Å². The molecule has 0 radical (unpaired) electrons. The molecule has 0 aliphatic carbocycles. The number of nitrogens with one attached hydrogen (secondary N) is 1. The van der Waals surface area contributed by atoms with Crippen molar-refractivity contribution >= 4 is 39.9 Å². The van der Waals surface area contributed by atoms with Gasteiger partial charge in [-0.2, -0.15) is 0 Å². The van der Waals surface area contributed by atoms with Gasteiger partial charge in [0.2, 0.25) is 0 Å². The Morgan fingerprint density at radius 1 is 1.47 bits per heavy atom. The van der Waals surface area contributed by atoms with E-state index in [1.54, 1.807) is 0 Å². The lowest BCUT2D eigenvalue weighted by atomic mass is 10.1. The van der Waals surface area contributed by atoms with Crippen molar-refractivity contribution in [1.29, 1.82) is 0 Å². The highest BCUT2D eigenvalue weighted by Gasteiger charge is 2.04. The molecule has 0 spiro atoms. The second-order valence-electron chi connectivity index (χ2n) is 3.81. The Bertz CT molecular complexity index is 314. The van der Waals surface area contributed by atoms with Gasteiger partial charge >= 0.3 is 0 Å². The molecule has 84 valence electrons. The second kappa shape index (κ2) is 6.59. The number of unbranched alkanes of at least 4 members (excludes halogenated alkanes) is 1. The van der Waals surface area contributed by atoms with Crippen LogP contribution < -0.4 is 5.32 Å². The molecule has 1 aromatic carbocycles. The molecule has 0 aliphatic heterocycles. The lowest BCUT2D eigenvalue weighted by Crippen LogP contribution is -2.14. The Balaban J connectivity index is 2.56. The zero-order chi connectivity index (χ0) is 11.3. The minimum Gasteiger partial charge on any atom is -0.381 e. The number of rotatable bonds is 5. The largest absolute Gasteiger partial charge is 0.381 e. The van der Waals surface area contributed by atoms with Crippen molar-refractivity contribution in [2.45, 2.75) is 39.2 Å². The summed E-state index contributed by atoms with van der Waals surface area (Å²) in [6.07, 6.45) is 3.70. The van der Waals surface area contributed by atoms with Crippen molar-refractivity contribution in [3.63, 3.8) is 0 Å². The Morgan fingerprint density at radius 2 is 2.20 bits per heavy atom. The number of hydrogen-bond acceptors (Lipinski definition) is 1. The summed E-state index contributed by atoms with van der Waals surface area (Å²) in [5, 5.41) is 4.25. The summed E-state index contributed by atoms with van der Waals surface area (Å²) in [4.78, 5) is 0. The minimum atomic E-state index is 0.488. The molecule has 0 amide bonds. The van der Waals surface area contributed by atoms with Crippen molar-refractivity contribution in [3.05, 3.63) is 26.8 Å². The molecule has 1 unspecified atom stereocenters. The number of benzene rings is 1. The SMILES string of the molecule is CCCCC(C)Nc1ccc(I)cc1Cl. The highest BCUT2D eigenvalue weighted by molar-refractivity contribution is 14.1. The predicted octanol–water partition coefficient (Wildman–Crippen LogP) is 4.94. The summed E-state index contributed by atoms with van der Waals surface area (Å²) < 4.78 is 1.17. The highest BCUT2D eigenvalue weighted by atomic mass is 127. The summed E-state index contributed by atoms with van der Waals surface area (Å²) >= 11 is 8.41. The number of anilines is 1. The smallest absolute Gasteiger partial charge is 0.0648 e. The van der Waals surface area contributed by atoms with Crippen LogP contribution in [0, 0.1) is 3.57 Å². The third-order valence-electron chi connectivity index (χ3n) is 2.32. The molecule has 0 fully saturated rings. The van der Waals surface area contributed by atoms with Crippen LogP contribution in [0.4, 0.5) is 5.69 Å². The van der Waals surface area contributed by atoms with Gasteiger partial charge in [-0.3, -0.25) is 0 Å². The fourth-order valence-corrected chi connectivity index (χ4v) is 2.36. The molecule has 3 heteroatoms. The molecular weight excluding hydrogens is 320 g/mol. The van der Waals surface area contributed by atoms with E-state index in [0.717, 1.165) is 10.7 Å². The van der Waals surface area contributed by atoms with Crippen LogP contribution in [0.5, 0.6) is 0 Å². The normalized spacial score (nSPS) is 12.5. The molecule has 0 aliphatic rings. The van der Waals surface area contributed by atoms with Crippen molar-refractivity contribution in [1.82, 2.24) is 0 Å². The average Bonchev–Trinajstić information content (AvgIpc) is 2.19. The Labute approximate surface area is 111 Å². The summed E-state index contributed by atoms with van der Waals surface area (Å²) in [7, 11) is 0.